The quantitative estimate of drug-likeness (QED) is 0.674. The van der Waals surface area contributed by atoms with E-state index in [1.807, 2.05) is 30.3 Å². The van der Waals surface area contributed by atoms with Crippen LogP contribution in [-0.2, 0) is 4.74 Å². The zero-order valence-electron chi connectivity index (χ0n) is 13.2. The zero-order valence-corrected chi connectivity index (χ0v) is 13.2. The van der Waals surface area contributed by atoms with Crippen LogP contribution in [0.3, 0.4) is 0 Å². The fraction of sp³-hybridized carbons (Fsp3) is 0.333. The molecule has 0 bridgehead atoms. The average molecular weight is 328 g/mol. The highest BCUT2D eigenvalue weighted by Crippen LogP contribution is 2.25. The SMILES string of the molecule is O=[N+]([O-])c1cccc(C(O)CN2CCOC(c3ccccc3)C2)c1. The Bertz CT molecular complexity index is 692. The Morgan fingerprint density at radius 3 is 2.79 bits per heavy atom. The largest absolute Gasteiger partial charge is 0.387 e. The van der Waals surface area contributed by atoms with Crippen molar-refractivity contribution in [1.82, 2.24) is 4.90 Å². The van der Waals surface area contributed by atoms with Crippen LogP contribution in [0.2, 0.25) is 0 Å². The number of ether oxygens (including phenoxy) is 1. The molecule has 126 valence electrons. The first-order chi connectivity index (χ1) is 11.6. The summed E-state index contributed by atoms with van der Waals surface area (Å²) in [6, 6.07) is 16.2. The molecule has 0 amide bonds. The number of hydrogen-bond acceptors (Lipinski definition) is 5. The van der Waals surface area contributed by atoms with Crippen molar-refractivity contribution in [2.24, 2.45) is 0 Å². The highest BCUT2D eigenvalue weighted by atomic mass is 16.6. The van der Waals surface area contributed by atoms with Gasteiger partial charge in [0.25, 0.3) is 5.69 Å². The van der Waals surface area contributed by atoms with Gasteiger partial charge < -0.3 is 9.84 Å². The predicted molar refractivity (Wildman–Crippen MR) is 89.6 cm³/mol. The molecular weight excluding hydrogens is 308 g/mol. The maximum atomic E-state index is 10.9. The minimum atomic E-state index is -0.764. The number of hydrogen-bond donors (Lipinski definition) is 1. The summed E-state index contributed by atoms with van der Waals surface area (Å²) in [4.78, 5) is 12.5. The van der Waals surface area contributed by atoms with E-state index in [1.165, 1.54) is 12.1 Å². The van der Waals surface area contributed by atoms with E-state index < -0.39 is 11.0 Å². The summed E-state index contributed by atoms with van der Waals surface area (Å²) in [5, 5.41) is 21.3. The summed E-state index contributed by atoms with van der Waals surface area (Å²) in [7, 11) is 0. The van der Waals surface area contributed by atoms with Crippen molar-refractivity contribution in [2.45, 2.75) is 12.2 Å². The molecule has 1 fully saturated rings. The molecule has 0 spiro atoms. The van der Waals surface area contributed by atoms with Crippen LogP contribution in [-0.4, -0.2) is 41.2 Å². The number of β-amino-alcohol motifs (C(OH)–C–C–N with tert-alkyl or cyclic N) is 1. The molecule has 0 aliphatic carbocycles. The van der Waals surface area contributed by atoms with E-state index in [-0.39, 0.29) is 11.8 Å². The summed E-state index contributed by atoms with van der Waals surface area (Å²) >= 11 is 0. The van der Waals surface area contributed by atoms with Gasteiger partial charge in [-0.1, -0.05) is 42.5 Å². The van der Waals surface area contributed by atoms with Crippen molar-refractivity contribution in [3.8, 4) is 0 Å². The van der Waals surface area contributed by atoms with Gasteiger partial charge in [0.15, 0.2) is 0 Å². The molecule has 2 atom stereocenters. The number of non-ortho nitro benzene ring substituents is 1. The minimum absolute atomic E-state index is 0.00399. The van der Waals surface area contributed by atoms with E-state index >= 15 is 0 Å². The lowest BCUT2D eigenvalue weighted by molar-refractivity contribution is -0.385. The Hall–Kier alpha value is -2.28. The second-order valence-corrected chi connectivity index (χ2v) is 5.90. The van der Waals surface area contributed by atoms with Crippen LogP contribution >= 0.6 is 0 Å². The summed E-state index contributed by atoms with van der Waals surface area (Å²) in [5.74, 6) is 0. The number of nitro groups is 1. The smallest absolute Gasteiger partial charge is 0.269 e. The first kappa shape index (κ1) is 16.6. The lowest BCUT2D eigenvalue weighted by Gasteiger charge is -2.34. The average Bonchev–Trinajstić information content (AvgIpc) is 2.63. The van der Waals surface area contributed by atoms with Gasteiger partial charge >= 0.3 is 0 Å². The standard InChI is InChI=1S/C18H20N2O4/c21-17(15-7-4-8-16(11-15)20(22)23)12-19-9-10-24-18(13-19)14-5-2-1-3-6-14/h1-8,11,17-18,21H,9-10,12-13H2. The van der Waals surface area contributed by atoms with Gasteiger partial charge in [-0.25, -0.2) is 0 Å². The molecule has 6 nitrogen and oxygen atoms in total. The van der Waals surface area contributed by atoms with E-state index in [9.17, 15) is 15.2 Å². The number of aliphatic hydroxyl groups is 1. The van der Waals surface area contributed by atoms with E-state index in [0.29, 0.717) is 25.3 Å². The molecule has 1 aliphatic heterocycles. The maximum Gasteiger partial charge on any atom is 0.269 e. The third kappa shape index (κ3) is 3.97. The fourth-order valence-electron chi connectivity index (χ4n) is 2.93. The molecule has 24 heavy (non-hydrogen) atoms. The van der Waals surface area contributed by atoms with Crippen LogP contribution in [0, 0.1) is 10.1 Å². The molecule has 0 saturated carbocycles. The Morgan fingerprint density at radius 2 is 2.04 bits per heavy atom. The van der Waals surface area contributed by atoms with Crippen molar-refractivity contribution in [1.29, 1.82) is 0 Å². The van der Waals surface area contributed by atoms with Crippen molar-refractivity contribution >= 4 is 5.69 Å². The maximum absolute atomic E-state index is 10.9. The molecule has 1 aliphatic rings. The minimum Gasteiger partial charge on any atom is -0.387 e. The number of morpholine rings is 1. The zero-order chi connectivity index (χ0) is 16.9. The van der Waals surface area contributed by atoms with Crippen molar-refractivity contribution in [3.63, 3.8) is 0 Å². The third-order valence-electron chi connectivity index (χ3n) is 4.22. The van der Waals surface area contributed by atoms with E-state index in [4.69, 9.17) is 4.74 Å². The Kier molecular flexibility index (Phi) is 5.20. The first-order valence-electron chi connectivity index (χ1n) is 7.95. The van der Waals surface area contributed by atoms with Gasteiger partial charge in [-0.05, 0) is 11.1 Å². The summed E-state index contributed by atoms with van der Waals surface area (Å²) in [5.41, 5.74) is 1.68. The Labute approximate surface area is 140 Å². The predicted octanol–water partition coefficient (Wildman–Crippen LogP) is 2.70. The number of nitrogens with zero attached hydrogens (tertiary/aromatic N) is 2. The van der Waals surface area contributed by atoms with Gasteiger partial charge in [-0.3, -0.25) is 15.0 Å². The molecule has 2 aromatic rings. The molecule has 6 heteroatoms. The molecule has 1 N–H and O–H groups in total. The molecule has 1 heterocycles. The van der Waals surface area contributed by atoms with Crippen LogP contribution < -0.4 is 0 Å². The van der Waals surface area contributed by atoms with E-state index in [1.54, 1.807) is 12.1 Å². The molecule has 2 unspecified atom stereocenters. The first-order valence-corrected chi connectivity index (χ1v) is 7.95. The van der Waals surface area contributed by atoms with E-state index in [2.05, 4.69) is 4.90 Å². The summed E-state index contributed by atoms with van der Waals surface area (Å²) in [6.07, 6.45) is -0.781. The second-order valence-electron chi connectivity index (χ2n) is 5.90. The normalized spacial score (nSPS) is 19.8. The second kappa shape index (κ2) is 7.53. The number of benzene rings is 2. The Morgan fingerprint density at radius 1 is 1.25 bits per heavy atom. The lowest BCUT2D eigenvalue weighted by atomic mass is 10.1. The molecule has 0 aromatic heterocycles. The van der Waals surface area contributed by atoms with Crippen molar-refractivity contribution in [2.75, 3.05) is 26.2 Å². The fourth-order valence-corrected chi connectivity index (χ4v) is 2.93. The van der Waals surface area contributed by atoms with E-state index in [0.717, 1.165) is 12.1 Å². The van der Waals surface area contributed by atoms with Crippen LogP contribution in [0.5, 0.6) is 0 Å². The van der Waals surface area contributed by atoms with Gasteiger partial charge in [-0.15, -0.1) is 0 Å². The van der Waals surface area contributed by atoms with Gasteiger partial charge in [0.2, 0.25) is 0 Å². The van der Waals surface area contributed by atoms with Crippen LogP contribution in [0.4, 0.5) is 5.69 Å². The third-order valence-corrected chi connectivity index (χ3v) is 4.22. The van der Waals surface area contributed by atoms with Crippen molar-refractivity contribution < 1.29 is 14.8 Å². The molecule has 0 radical (unpaired) electrons. The van der Waals surface area contributed by atoms with Gasteiger partial charge in [-0.2, -0.15) is 0 Å². The van der Waals surface area contributed by atoms with Crippen molar-refractivity contribution in [3.05, 3.63) is 75.8 Å². The summed E-state index contributed by atoms with van der Waals surface area (Å²) < 4.78 is 5.82. The number of aliphatic hydroxyl groups excluding tert-OH is 1. The molecular formula is C18H20N2O4. The molecule has 2 aromatic carbocycles. The number of nitro benzene ring substituents is 1. The lowest BCUT2D eigenvalue weighted by Crippen LogP contribution is -2.40. The van der Waals surface area contributed by atoms with Gasteiger partial charge in [0, 0.05) is 31.8 Å². The summed E-state index contributed by atoms with van der Waals surface area (Å²) in [6.45, 7) is 2.44. The highest BCUT2D eigenvalue weighted by molar-refractivity contribution is 5.35. The van der Waals surface area contributed by atoms with Gasteiger partial charge in [0.05, 0.1) is 23.7 Å². The number of rotatable bonds is 5. The Balaban J connectivity index is 1.65. The monoisotopic (exact) mass is 328 g/mol. The van der Waals surface area contributed by atoms with Gasteiger partial charge in [0.1, 0.15) is 0 Å². The molecule has 3 rings (SSSR count). The van der Waals surface area contributed by atoms with Crippen LogP contribution in [0.15, 0.2) is 54.6 Å². The highest BCUT2D eigenvalue weighted by Gasteiger charge is 2.24. The molecule has 1 saturated heterocycles. The van der Waals surface area contributed by atoms with Crippen LogP contribution in [0.1, 0.15) is 23.3 Å². The topological polar surface area (TPSA) is 75.8 Å². The van der Waals surface area contributed by atoms with Crippen LogP contribution in [0.25, 0.3) is 0 Å².